The fourth-order valence-corrected chi connectivity index (χ4v) is 2.98. The van der Waals surface area contributed by atoms with E-state index in [9.17, 15) is 0 Å². The second-order valence-electron chi connectivity index (χ2n) is 6.11. The van der Waals surface area contributed by atoms with Crippen LogP contribution in [0.25, 0.3) is 17.0 Å². The van der Waals surface area contributed by atoms with E-state index >= 15 is 0 Å². The first-order valence-electron chi connectivity index (χ1n) is 8.13. The third kappa shape index (κ3) is 4.25. The molecule has 1 heterocycles. The smallest absolute Gasteiger partial charge is 0.147 e. The zero-order valence-corrected chi connectivity index (χ0v) is 15.3. The number of allylic oxidation sites excluding steroid dienone is 1. The Balaban J connectivity index is 1.80. The van der Waals surface area contributed by atoms with Crippen molar-refractivity contribution in [3.63, 3.8) is 0 Å². The van der Waals surface area contributed by atoms with Crippen LogP contribution in [-0.2, 0) is 0 Å². The molecule has 3 aromatic rings. The zero-order valence-electron chi connectivity index (χ0n) is 14.5. The Hall–Kier alpha value is -2.65. The zero-order chi connectivity index (χ0) is 17.8. The minimum absolute atomic E-state index is 0.544. The van der Waals surface area contributed by atoms with Gasteiger partial charge in [0.25, 0.3) is 0 Å². The highest BCUT2D eigenvalue weighted by molar-refractivity contribution is 6.41. The van der Waals surface area contributed by atoms with Crippen LogP contribution in [0, 0.1) is 20.8 Å². The summed E-state index contributed by atoms with van der Waals surface area (Å²) in [5.74, 6) is 0.706. The average Bonchev–Trinajstić information content (AvgIpc) is 2.57. The molecule has 126 valence electrons. The molecule has 3 nitrogen and oxygen atoms in total. The lowest BCUT2D eigenvalue weighted by atomic mass is 10.0. The maximum atomic E-state index is 6.20. The SMILES string of the molecule is Cc1cc(C)c2nc(NN=CC(Cl)=Cc3ccccc3)cc(C)c2c1. The topological polar surface area (TPSA) is 37.3 Å². The van der Waals surface area contributed by atoms with Crippen molar-refractivity contribution in [3.05, 3.63) is 75.8 Å². The van der Waals surface area contributed by atoms with Crippen LogP contribution in [0.2, 0.25) is 0 Å². The lowest BCUT2D eigenvalue weighted by molar-refractivity contribution is 1.24. The molecule has 0 fully saturated rings. The maximum Gasteiger partial charge on any atom is 0.147 e. The van der Waals surface area contributed by atoms with E-state index in [1.54, 1.807) is 6.21 Å². The van der Waals surface area contributed by atoms with Crippen LogP contribution >= 0.6 is 11.6 Å². The molecule has 0 spiro atoms. The Kier molecular flexibility index (Phi) is 5.15. The fourth-order valence-electron chi connectivity index (χ4n) is 2.81. The summed E-state index contributed by atoms with van der Waals surface area (Å²) in [6.07, 6.45) is 3.44. The van der Waals surface area contributed by atoms with E-state index < -0.39 is 0 Å². The third-order valence-electron chi connectivity index (χ3n) is 3.93. The number of nitrogens with zero attached hydrogens (tertiary/aromatic N) is 2. The van der Waals surface area contributed by atoms with E-state index in [1.165, 1.54) is 16.5 Å². The number of aromatic nitrogens is 1. The fraction of sp³-hybridized carbons (Fsp3) is 0.143. The molecular weight excluding hydrogens is 330 g/mol. The number of benzene rings is 2. The first-order valence-corrected chi connectivity index (χ1v) is 8.50. The van der Waals surface area contributed by atoms with Crippen LogP contribution in [0.15, 0.2) is 58.7 Å². The molecule has 4 heteroatoms. The van der Waals surface area contributed by atoms with Gasteiger partial charge in [0.2, 0.25) is 0 Å². The van der Waals surface area contributed by atoms with Gasteiger partial charge in [0.05, 0.1) is 16.8 Å². The highest BCUT2D eigenvalue weighted by Gasteiger charge is 2.05. The predicted octanol–water partition coefficient (Wildman–Crippen LogP) is 5.84. The molecular formula is C21H20ClN3. The van der Waals surface area contributed by atoms with Gasteiger partial charge >= 0.3 is 0 Å². The normalized spacial score (nSPS) is 12.1. The van der Waals surface area contributed by atoms with Crippen molar-refractivity contribution in [1.82, 2.24) is 4.98 Å². The summed E-state index contributed by atoms with van der Waals surface area (Å²) in [5.41, 5.74) is 8.57. The van der Waals surface area contributed by atoms with Crippen molar-refractivity contribution >= 4 is 40.6 Å². The average molecular weight is 350 g/mol. The number of anilines is 1. The number of fused-ring (bicyclic) bond motifs is 1. The lowest BCUT2D eigenvalue weighted by Crippen LogP contribution is -1.96. The van der Waals surface area contributed by atoms with Crippen molar-refractivity contribution in [1.29, 1.82) is 0 Å². The third-order valence-corrected chi connectivity index (χ3v) is 4.13. The highest BCUT2D eigenvalue weighted by Crippen LogP contribution is 2.24. The Bertz CT molecular complexity index is 960. The van der Waals surface area contributed by atoms with Crippen molar-refractivity contribution < 1.29 is 0 Å². The van der Waals surface area contributed by atoms with Gasteiger partial charge in [0.15, 0.2) is 0 Å². The molecule has 0 aliphatic rings. The Morgan fingerprint density at radius 3 is 2.56 bits per heavy atom. The number of nitrogens with one attached hydrogen (secondary N) is 1. The van der Waals surface area contributed by atoms with Gasteiger partial charge in [-0.25, -0.2) is 4.98 Å². The van der Waals surface area contributed by atoms with Crippen molar-refractivity contribution in [2.45, 2.75) is 20.8 Å². The standard InChI is InChI=1S/C21H20ClN3/c1-14-9-16(3)21-19(10-14)15(2)11-20(24-21)25-23-13-18(22)12-17-7-5-4-6-8-17/h4-13H,1-3H3,(H,24,25). The molecule has 0 atom stereocenters. The minimum atomic E-state index is 0.544. The van der Waals surface area contributed by atoms with E-state index in [-0.39, 0.29) is 0 Å². The predicted molar refractivity (Wildman–Crippen MR) is 108 cm³/mol. The molecule has 25 heavy (non-hydrogen) atoms. The van der Waals surface area contributed by atoms with Gasteiger partial charge in [-0.05, 0) is 55.7 Å². The van der Waals surface area contributed by atoms with Crippen molar-refractivity contribution in [2.75, 3.05) is 5.43 Å². The maximum absolute atomic E-state index is 6.20. The summed E-state index contributed by atoms with van der Waals surface area (Å²) in [6.45, 7) is 6.26. The second kappa shape index (κ2) is 7.49. The Morgan fingerprint density at radius 1 is 1.04 bits per heavy atom. The van der Waals surface area contributed by atoms with Crippen molar-refractivity contribution in [2.24, 2.45) is 5.10 Å². The van der Waals surface area contributed by atoms with Gasteiger partial charge in [-0.2, -0.15) is 5.10 Å². The molecule has 2 aromatic carbocycles. The lowest BCUT2D eigenvalue weighted by Gasteiger charge is -2.09. The molecule has 0 amide bonds. The molecule has 0 saturated carbocycles. The number of hydrogen-bond acceptors (Lipinski definition) is 3. The number of hydrazone groups is 1. The van der Waals surface area contributed by atoms with Crippen LogP contribution in [0.1, 0.15) is 22.3 Å². The summed E-state index contributed by atoms with van der Waals surface area (Å²) in [4.78, 5) is 4.67. The number of pyridine rings is 1. The van der Waals surface area contributed by atoms with Gasteiger partial charge in [-0.1, -0.05) is 53.6 Å². The van der Waals surface area contributed by atoms with E-state index in [4.69, 9.17) is 11.6 Å². The van der Waals surface area contributed by atoms with Crippen LogP contribution in [0.5, 0.6) is 0 Å². The second-order valence-corrected chi connectivity index (χ2v) is 6.55. The Labute approximate surface area is 153 Å². The van der Waals surface area contributed by atoms with E-state index in [0.29, 0.717) is 10.9 Å². The number of rotatable bonds is 4. The molecule has 3 rings (SSSR count). The first kappa shape index (κ1) is 17.2. The van der Waals surface area contributed by atoms with Gasteiger partial charge in [0.1, 0.15) is 5.82 Å². The summed E-state index contributed by atoms with van der Waals surface area (Å²) >= 11 is 6.20. The van der Waals surface area contributed by atoms with Crippen LogP contribution in [0.3, 0.4) is 0 Å². The monoisotopic (exact) mass is 349 g/mol. The summed E-state index contributed by atoms with van der Waals surface area (Å²) < 4.78 is 0. The van der Waals surface area contributed by atoms with Gasteiger partial charge in [0, 0.05) is 5.39 Å². The molecule has 0 aliphatic heterocycles. The molecule has 0 radical (unpaired) electrons. The first-order chi connectivity index (χ1) is 12.0. The number of hydrogen-bond donors (Lipinski definition) is 1. The van der Waals surface area contributed by atoms with Gasteiger partial charge < -0.3 is 0 Å². The van der Waals surface area contributed by atoms with Crippen LogP contribution in [0.4, 0.5) is 5.82 Å². The van der Waals surface area contributed by atoms with Crippen LogP contribution in [-0.4, -0.2) is 11.2 Å². The summed E-state index contributed by atoms with van der Waals surface area (Å²) in [6, 6.07) is 16.2. The number of aryl methyl sites for hydroxylation is 3. The molecule has 0 saturated heterocycles. The summed E-state index contributed by atoms with van der Waals surface area (Å²) in [5, 5.41) is 5.91. The molecule has 1 aromatic heterocycles. The molecule has 0 aliphatic carbocycles. The van der Waals surface area contributed by atoms with Crippen LogP contribution < -0.4 is 5.43 Å². The molecule has 0 bridgehead atoms. The van der Waals surface area contributed by atoms with Gasteiger partial charge in [-0.15, -0.1) is 0 Å². The molecule has 1 N–H and O–H groups in total. The van der Waals surface area contributed by atoms with Gasteiger partial charge in [-0.3, -0.25) is 5.43 Å². The molecule has 0 unspecified atom stereocenters. The Morgan fingerprint density at radius 2 is 1.80 bits per heavy atom. The van der Waals surface area contributed by atoms with E-state index in [1.807, 2.05) is 42.5 Å². The largest absolute Gasteiger partial charge is 0.261 e. The minimum Gasteiger partial charge on any atom is -0.261 e. The summed E-state index contributed by atoms with van der Waals surface area (Å²) in [7, 11) is 0. The van der Waals surface area contributed by atoms with E-state index in [0.717, 1.165) is 16.6 Å². The number of halogens is 1. The van der Waals surface area contributed by atoms with Crippen molar-refractivity contribution in [3.8, 4) is 0 Å². The van der Waals surface area contributed by atoms with E-state index in [2.05, 4.69) is 48.4 Å². The quantitative estimate of drug-likeness (QED) is 0.474. The highest BCUT2D eigenvalue weighted by atomic mass is 35.5.